The number of hydrogen-bond donors (Lipinski definition) is 0. The molecule has 0 saturated heterocycles. The van der Waals surface area contributed by atoms with Crippen LogP contribution < -0.4 is 0 Å². The maximum atomic E-state index is 11.6. The summed E-state index contributed by atoms with van der Waals surface area (Å²) in [6.45, 7) is 10.8. The monoisotopic (exact) mass is 340 g/mol. The van der Waals surface area contributed by atoms with Crippen LogP contribution in [0, 0.1) is 5.92 Å². The number of carbonyl (C=O) groups excluding carboxylic acids is 1. The quantitative estimate of drug-likeness (QED) is 0.196. The number of hydrogen-bond acceptors (Lipinski definition) is 2. The van der Waals surface area contributed by atoms with Gasteiger partial charge in [-0.15, -0.1) is 0 Å². The molecule has 0 aromatic rings. The summed E-state index contributed by atoms with van der Waals surface area (Å²) in [5.74, 6) is 0.892. The zero-order valence-electron chi connectivity index (χ0n) is 16.3. The average Bonchev–Trinajstić information content (AvgIpc) is 2.46. The summed E-state index contributed by atoms with van der Waals surface area (Å²) in [4.78, 5) is 11.6. The van der Waals surface area contributed by atoms with E-state index in [0.29, 0.717) is 6.42 Å². The standard InChI is InChI=1S/C20H40O2Si/c1-6-19(2)17-15-13-11-9-7-8-10-12-14-16-18-20(21)22-23(3,4)5/h8,10,19H,6-7,9,11-18H2,1-5H3/b10-8+. The Morgan fingerprint density at radius 2 is 1.52 bits per heavy atom. The van der Waals surface area contributed by atoms with Gasteiger partial charge in [0.1, 0.15) is 0 Å². The first-order chi connectivity index (χ1) is 10.8. The van der Waals surface area contributed by atoms with Gasteiger partial charge in [0.25, 0.3) is 5.97 Å². The van der Waals surface area contributed by atoms with Gasteiger partial charge in [0.2, 0.25) is 8.32 Å². The lowest BCUT2D eigenvalue weighted by Gasteiger charge is -2.16. The molecule has 23 heavy (non-hydrogen) atoms. The summed E-state index contributed by atoms with van der Waals surface area (Å²) in [6.07, 6.45) is 17.7. The van der Waals surface area contributed by atoms with Gasteiger partial charge in [0.15, 0.2) is 0 Å². The molecule has 0 bridgehead atoms. The number of rotatable bonds is 14. The van der Waals surface area contributed by atoms with E-state index in [1.54, 1.807) is 0 Å². The van der Waals surface area contributed by atoms with E-state index in [-0.39, 0.29) is 5.97 Å². The van der Waals surface area contributed by atoms with Crippen LogP contribution in [0.25, 0.3) is 0 Å². The molecule has 0 heterocycles. The minimum atomic E-state index is -1.69. The van der Waals surface area contributed by atoms with Crippen molar-refractivity contribution in [2.45, 2.75) is 104 Å². The highest BCUT2D eigenvalue weighted by molar-refractivity contribution is 6.71. The molecule has 0 aromatic carbocycles. The van der Waals surface area contributed by atoms with Crippen molar-refractivity contribution in [3.05, 3.63) is 12.2 Å². The highest BCUT2D eigenvalue weighted by atomic mass is 28.4. The van der Waals surface area contributed by atoms with Gasteiger partial charge >= 0.3 is 0 Å². The van der Waals surface area contributed by atoms with Crippen LogP contribution in [0.4, 0.5) is 0 Å². The maximum Gasteiger partial charge on any atom is 0.292 e. The average molecular weight is 341 g/mol. The molecule has 0 N–H and O–H groups in total. The van der Waals surface area contributed by atoms with E-state index in [1.165, 1.54) is 44.9 Å². The molecular weight excluding hydrogens is 300 g/mol. The molecule has 0 aliphatic heterocycles. The molecule has 0 aliphatic carbocycles. The third-order valence-electron chi connectivity index (χ3n) is 4.10. The topological polar surface area (TPSA) is 26.3 Å². The minimum absolute atomic E-state index is 0.00876. The van der Waals surface area contributed by atoms with Crippen LogP contribution in [-0.4, -0.2) is 14.3 Å². The number of allylic oxidation sites excluding steroid dienone is 2. The molecule has 0 fully saturated rings. The fraction of sp³-hybridized carbons (Fsp3) is 0.850. The van der Waals surface area contributed by atoms with E-state index in [0.717, 1.165) is 25.2 Å². The van der Waals surface area contributed by atoms with Gasteiger partial charge in [-0.2, -0.15) is 0 Å². The summed E-state index contributed by atoms with van der Waals surface area (Å²) in [5, 5.41) is 0. The molecule has 2 nitrogen and oxygen atoms in total. The van der Waals surface area contributed by atoms with E-state index in [2.05, 4.69) is 45.6 Å². The Bertz CT molecular complexity index is 318. The van der Waals surface area contributed by atoms with Crippen molar-refractivity contribution >= 4 is 14.3 Å². The Hall–Kier alpha value is -0.573. The zero-order chi connectivity index (χ0) is 17.6. The highest BCUT2D eigenvalue weighted by Crippen LogP contribution is 2.14. The Kier molecular flexibility index (Phi) is 13.5. The van der Waals surface area contributed by atoms with Crippen molar-refractivity contribution < 1.29 is 9.22 Å². The van der Waals surface area contributed by atoms with Crippen LogP contribution in [0.3, 0.4) is 0 Å². The fourth-order valence-corrected chi connectivity index (χ4v) is 3.26. The van der Waals surface area contributed by atoms with Crippen LogP contribution in [0.1, 0.15) is 84.5 Å². The van der Waals surface area contributed by atoms with Gasteiger partial charge in [-0.25, -0.2) is 0 Å². The lowest BCUT2D eigenvalue weighted by atomic mass is 10.00. The number of carbonyl (C=O) groups is 1. The third kappa shape index (κ3) is 17.6. The van der Waals surface area contributed by atoms with Gasteiger partial charge in [0, 0.05) is 6.42 Å². The third-order valence-corrected chi connectivity index (χ3v) is 4.94. The Balaban J connectivity index is 3.34. The molecule has 0 rings (SSSR count). The van der Waals surface area contributed by atoms with Crippen LogP contribution >= 0.6 is 0 Å². The molecule has 0 aliphatic rings. The predicted molar refractivity (Wildman–Crippen MR) is 104 cm³/mol. The molecule has 3 heteroatoms. The lowest BCUT2D eigenvalue weighted by Crippen LogP contribution is -2.28. The molecule has 0 saturated carbocycles. The van der Waals surface area contributed by atoms with Crippen molar-refractivity contribution in [2.75, 3.05) is 0 Å². The molecule has 1 unspecified atom stereocenters. The van der Waals surface area contributed by atoms with Gasteiger partial charge in [0.05, 0.1) is 0 Å². The van der Waals surface area contributed by atoms with Gasteiger partial charge < -0.3 is 4.43 Å². The van der Waals surface area contributed by atoms with E-state index in [9.17, 15) is 4.79 Å². The smallest absolute Gasteiger partial charge is 0.292 e. The number of unbranched alkanes of at least 4 members (excludes halogenated alkanes) is 6. The normalized spacial score (nSPS) is 13.4. The lowest BCUT2D eigenvalue weighted by molar-refractivity contribution is -0.135. The van der Waals surface area contributed by atoms with E-state index in [1.807, 2.05) is 0 Å². The molecular formula is C20H40O2Si. The maximum absolute atomic E-state index is 11.6. The molecule has 0 amide bonds. The first kappa shape index (κ1) is 22.4. The Morgan fingerprint density at radius 3 is 2.09 bits per heavy atom. The van der Waals surface area contributed by atoms with E-state index >= 15 is 0 Å². The van der Waals surface area contributed by atoms with Gasteiger partial charge in [-0.1, -0.05) is 58.1 Å². The summed E-state index contributed by atoms with van der Waals surface area (Å²) in [6, 6.07) is 0. The Morgan fingerprint density at radius 1 is 0.957 bits per heavy atom. The first-order valence-electron chi connectivity index (χ1n) is 9.72. The first-order valence-corrected chi connectivity index (χ1v) is 13.1. The molecule has 1 atom stereocenters. The van der Waals surface area contributed by atoms with E-state index < -0.39 is 8.32 Å². The fourth-order valence-electron chi connectivity index (χ4n) is 2.47. The Labute approximate surface area is 146 Å². The summed E-state index contributed by atoms with van der Waals surface area (Å²) in [5.41, 5.74) is 0. The van der Waals surface area contributed by atoms with Crippen molar-refractivity contribution in [3.8, 4) is 0 Å². The molecule has 0 spiro atoms. The van der Waals surface area contributed by atoms with Gasteiger partial charge in [-0.3, -0.25) is 4.79 Å². The zero-order valence-corrected chi connectivity index (χ0v) is 17.3. The highest BCUT2D eigenvalue weighted by Gasteiger charge is 2.19. The predicted octanol–water partition coefficient (Wildman–Crippen LogP) is 6.87. The van der Waals surface area contributed by atoms with Crippen molar-refractivity contribution in [2.24, 2.45) is 5.92 Å². The minimum Gasteiger partial charge on any atom is -0.520 e. The second-order valence-corrected chi connectivity index (χ2v) is 12.2. The molecule has 0 aromatic heterocycles. The molecule has 0 radical (unpaired) electrons. The van der Waals surface area contributed by atoms with Crippen LogP contribution in [0.5, 0.6) is 0 Å². The van der Waals surface area contributed by atoms with Crippen molar-refractivity contribution in [3.63, 3.8) is 0 Å². The second-order valence-electron chi connectivity index (χ2n) is 7.81. The summed E-state index contributed by atoms with van der Waals surface area (Å²) in [7, 11) is -1.69. The molecule has 136 valence electrons. The SMILES string of the molecule is CCC(C)CCCCCC/C=C/CCCCC(=O)O[Si](C)(C)C. The summed E-state index contributed by atoms with van der Waals surface area (Å²) < 4.78 is 5.43. The van der Waals surface area contributed by atoms with Crippen molar-refractivity contribution in [1.82, 2.24) is 0 Å². The van der Waals surface area contributed by atoms with Crippen LogP contribution in [0.15, 0.2) is 12.2 Å². The van der Waals surface area contributed by atoms with Crippen LogP contribution in [0.2, 0.25) is 19.6 Å². The van der Waals surface area contributed by atoms with Crippen LogP contribution in [-0.2, 0) is 9.22 Å². The van der Waals surface area contributed by atoms with Crippen molar-refractivity contribution in [1.29, 1.82) is 0 Å². The van der Waals surface area contributed by atoms with Gasteiger partial charge in [-0.05, 0) is 57.7 Å². The largest absolute Gasteiger partial charge is 0.520 e. The summed E-state index contributed by atoms with van der Waals surface area (Å²) >= 11 is 0. The second kappa shape index (κ2) is 13.8. The van der Waals surface area contributed by atoms with E-state index in [4.69, 9.17) is 4.43 Å².